The number of benzene rings is 1. The molecule has 1 N–H and O–H groups in total. The monoisotopic (exact) mass is 455 g/mol. The topological polar surface area (TPSA) is 64.7 Å². The molecule has 0 aliphatic carbocycles. The number of hydrogen-bond acceptors (Lipinski definition) is 3. The molecule has 2 aromatic heterocycles. The van der Waals surface area contributed by atoms with Crippen LogP contribution < -0.4 is 5.32 Å². The fourth-order valence-corrected chi connectivity index (χ4v) is 3.09. The third-order valence-electron chi connectivity index (χ3n) is 3.72. The van der Waals surface area contributed by atoms with Gasteiger partial charge in [-0.05, 0) is 34.5 Å². The van der Waals surface area contributed by atoms with Gasteiger partial charge in [0.25, 0.3) is 0 Å². The second-order valence-corrected chi connectivity index (χ2v) is 7.41. The van der Waals surface area contributed by atoms with Crippen LogP contribution in [0.15, 0.2) is 41.1 Å². The first kappa shape index (κ1) is 18.9. The zero-order chi connectivity index (χ0) is 18.7. The maximum Gasteiger partial charge on any atom is 0.227 e. The molecule has 2 heterocycles. The highest BCUT2D eigenvalue weighted by atomic mass is 79.9. The summed E-state index contributed by atoms with van der Waals surface area (Å²) < 4.78 is 4.28. The van der Waals surface area contributed by atoms with Crippen LogP contribution in [0.2, 0.25) is 10.0 Å². The maximum absolute atomic E-state index is 12.2. The number of amides is 1. The van der Waals surface area contributed by atoms with Gasteiger partial charge in [0.1, 0.15) is 5.02 Å². The van der Waals surface area contributed by atoms with Crippen LogP contribution in [0.4, 0.5) is 5.82 Å². The van der Waals surface area contributed by atoms with Crippen molar-refractivity contribution in [3.05, 3.63) is 62.4 Å². The van der Waals surface area contributed by atoms with Crippen molar-refractivity contribution in [1.29, 1.82) is 0 Å². The molecule has 6 nitrogen and oxygen atoms in total. The van der Waals surface area contributed by atoms with Crippen molar-refractivity contribution in [2.45, 2.75) is 26.4 Å². The Balaban J connectivity index is 1.60. The van der Waals surface area contributed by atoms with E-state index in [2.05, 4.69) is 31.4 Å². The lowest BCUT2D eigenvalue weighted by atomic mass is 10.2. The van der Waals surface area contributed by atoms with Gasteiger partial charge in [-0.3, -0.25) is 14.2 Å². The number of nitrogens with one attached hydrogen (secondary N) is 1. The van der Waals surface area contributed by atoms with Gasteiger partial charge in [-0.1, -0.05) is 41.4 Å². The molecule has 3 aromatic rings. The van der Waals surface area contributed by atoms with Crippen LogP contribution in [-0.2, 0) is 17.9 Å². The number of rotatable bonds is 6. The van der Waals surface area contributed by atoms with Crippen LogP contribution in [0.3, 0.4) is 0 Å². The molecule has 0 aliphatic heterocycles. The average Bonchev–Trinajstić information content (AvgIpc) is 3.10. The Kier molecular flexibility index (Phi) is 6.01. The summed E-state index contributed by atoms with van der Waals surface area (Å²) in [5, 5.41) is 12.4. The molecule has 0 spiro atoms. The van der Waals surface area contributed by atoms with Gasteiger partial charge in [0, 0.05) is 30.4 Å². The highest BCUT2D eigenvalue weighted by Crippen LogP contribution is 2.22. The van der Waals surface area contributed by atoms with Crippen molar-refractivity contribution < 1.29 is 4.79 Å². The molecule has 0 bridgehead atoms. The first-order chi connectivity index (χ1) is 12.4. The summed E-state index contributed by atoms with van der Waals surface area (Å²) in [7, 11) is 0. The lowest BCUT2D eigenvalue weighted by Gasteiger charge is -2.05. The first-order valence-electron chi connectivity index (χ1n) is 7.88. The van der Waals surface area contributed by atoms with Gasteiger partial charge >= 0.3 is 0 Å². The van der Waals surface area contributed by atoms with Crippen molar-refractivity contribution in [2.75, 3.05) is 5.32 Å². The number of carbonyl (C=O) groups excluding carboxylic acids is 1. The second kappa shape index (κ2) is 8.24. The molecule has 1 amide bonds. The van der Waals surface area contributed by atoms with Crippen molar-refractivity contribution in [1.82, 2.24) is 19.6 Å². The van der Waals surface area contributed by atoms with Crippen molar-refractivity contribution in [2.24, 2.45) is 0 Å². The van der Waals surface area contributed by atoms with Crippen LogP contribution in [-0.4, -0.2) is 25.5 Å². The van der Waals surface area contributed by atoms with Crippen molar-refractivity contribution in [3.8, 4) is 0 Å². The number of anilines is 1. The zero-order valence-corrected chi connectivity index (χ0v) is 17.0. The third kappa shape index (κ3) is 4.66. The van der Waals surface area contributed by atoms with Gasteiger partial charge in [0.05, 0.1) is 16.7 Å². The molecule has 0 fully saturated rings. The van der Waals surface area contributed by atoms with Gasteiger partial charge in [-0.25, -0.2) is 0 Å². The number of halogens is 3. The second-order valence-electron chi connectivity index (χ2n) is 5.74. The predicted molar refractivity (Wildman–Crippen MR) is 106 cm³/mol. The molecule has 0 aliphatic rings. The SMILES string of the molecule is Cc1nn(CCC(=O)Nc2nn(Cc3ccccc3Cl)cc2Cl)cc1Br. The lowest BCUT2D eigenvalue weighted by Crippen LogP contribution is -2.15. The molecule has 0 atom stereocenters. The molecule has 136 valence electrons. The Morgan fingerprint density at radius 3 is 2.62 bits per heavy atom. The minimum atomic E-state index is -0.181. The van der Waals surface area contributed by atoms with Crippen LogP contribution in [0.25, 0.3) is 0 Å². The Morgan fingerprint density at radius 1 is 1.15 bits per heavy atom. The summed E-state index contributed by atoms with van der Waals surface area (Å²) >= 11 is 15.7. The van der Waals surface area contributed by atoms with E-state index in [1.807, 2.05) is 37.4 Å². The van der Waals surface area contributed by atoms with E-state index in [0.29, 0.717) is 29.0 Å². The fourth-order valence-electron chi connectivity index (χ4n) is 2.38. The van der Waals surface area contributed by atoms with E-state index < -0.39 is 0 Å². The largest absolute Gasteiger partial charge is 0.308 e. The number of carbonyl (C=O) groups is 1. The minimum Gasteiger partial charge on any atom is -0.308 e. The number of hydrogen-bond donors (Lipinski definition) is 1. The summed E-state index contributed by atoms with van der Waals surface area (Å²) in [4.78, 5) is 12.2. The third-order valence-corrected chi connectivity index (χ3v) is 5.14. The molecule has 3 rings (SSSR count). The molecule has 0 unspecified atom stereocenters. The van der Waals surface area contributed by atoms with E-state index in [0.717, 1.165) is 15.7 Å². The number of nitrogens with zero attached hydrogens (tertiary/aromatic N) is 4. The fraction of sp³-hybridized carbons (Fsp3) is 0.235. The van der Waals surface area contributed by atoms with E-state index in [4.69, 9.17) is 23.2 Å². The van der Waals surface area contributed by atoms with Gasteiger partial charge in [0.15, 0.2) is 5.82 Å². The Bertz CT molecular complexity index is 918. The molecule has 9 heteroatoms. The summed E-state index contributed by atoms with van der Waals surface area (Å²) in [6.07, 6.45) is 3.77. The standard InChI is InChI=1S/C17H16BrCl2N5O/c1-11-13(18)9-24(22-11)7-6-16(26)21-17-15(20)10-25(23-17)8-12-4-2-3-5-14(12)19/h2-5,9-10H,6-8H2,1H3,(H,21,23,26). The number of aromatic nitrogens is 4. The minimum absolute atomic E-state index is 0.181. The molecule has 26 heavy (non-hydrogen) atoms. The summed E-state index contributed by atoms with van der Waals surface area (Å²) in [6, 6.07) is 7.51. The van der Waals surface area contributed by atoms with Crippen LogP contribution in [0, 0.1) is 6.92 Å². The highest BCUT2D eigenvalue weighted by molar-refractivity contribution is 9.10. The smallest absolute Gasteiger partial charge is 0.227 e. The molecule has 1 aromatic carbocycles. The van der Waals surface area contributed by atoms with Gasteiger partial charge in [-0.15, -0.1) is 0 Å². The summed E-state index contributed by atoms with van der Waals surface area (Å²) in [5.41, 5.74) is 1.80. The summed E-state index contributed by atoms with van der Waals surface area (Å²) in [6.45, 7) is 2.83. The Hall–Kier alpha value is -1.83. The van der Waals surface area contributed by atoms with Gasteiger partial charge in [-0.2, -0.15) is 10.2 Å². The van der Waals surface area contributed by atoms with Gasteiger partial charge < -0.3 is 5.32 Å². The molecule has 0 saturated heterocycles. The quantitative estimate of drug-likeness (QED) is 0.592. The van der Waals surface area contributed by atoms with Crippen molar-refractivity contribution in [3.63, 3.8) is 0 Å². The van der Waals surface area contributed by atoms with E-state index in [-0.39, 0.29) is 12.3 Å². The Morgan fingerprint density at radius 2 is 1.92 bits per heavy atom. The normalized spacial score (nSPS) is 10.9. The highest BCUT2D eigenvalue weighted by Gasteiger charge is 2.12. The molecule has 0 radical (unpaired) electrons. The van der Waals surface area contributed by atoms with Crippen LogP contribution >= 0.6 is 39.1 Å². The number of aryl methyl sites for hydroxylation is 2. The van der Waals surface area contributed by atoms with E-state index in [9.17, 15) is 4.79 Å². The van der Waals surface area contributed by atoms with E-state index in [1.165, 1.54) is 0 Å². The zero-order valence-electron chi connectivity index (χ0n) is 13.9. The van der Waals surface area contributed by atoms with E-state index in [1.54, 1.807) is 15.6 Å². The lowest BCUT2D eigenvalue weighted by molar-refractivity contribution is -0.116. The molecular formula is C17H16BrCl2N5O. The van der Waals surface area contributed by atoms with Crippen molar-refractivity contribution >= 4 is 50.9 Å². The Labute approximate surface area is 169 Å². The average molecular weight is 457 g/mol. The molecule has 0 saturated carbocycles. The van der Waals surface area contributed by atoms with E-state index >= 15 is 0 Å². The maximum atomic E-state index is 12.2. The summed E-state index contributed by atoms with van der Waals surface area (Å²) in [5.74, 6) is 0.153. The first-order valence-corrected chi connectivity index (χ1v) is 9.43. The van der Waals surface area contributed by atoms with Crippen LogP contribution in [0.1, 0.15) is 17.7 Å². The van der Waals surface area contributed by atoms with Crippen LogP contribution in [0.5, 0.6) is 0 Å². The molecular weight excluding hydrogens is 441 g/mol. The predicted octanol–water partition coefficient (Wildman–Crippen LogP) is 4.53. The van der Waals surface area contributed by atoms with Gasteiger partial charge in [0.2, 0.25) is 5.91 Å².